The minimum Gasteiger partial charge on any atom is -0.493 e. The van der Waals surface area contributed by atoms with Gasteiger partial charge in [-0.3, -0.25) is 14.7 Å². The third-order valence-electron chi connectivity index (χ3n) is 3.35. The number of aromatic amines is 1. The number of ether oxygens (including phenoxy) is 1. The third-order valence-corrected chi connectivity index (χ3v) is 3.35. The molecule has 0 saturated carbocycles. The van der Waals surface area contributed by atoms with Crippen LogP contribution in [0.3, 0.4) is 0 Å². The smallest absolute Gasteiger partial charge is 0.244 e. The number of anilines is 1. The van der Waals surface area contributed by atoms with Crippen molar-refractivity contribution in [2.75, 3.05) is 18.5 Å². The molecule has 0 radical (unpaired) electrons. The second-order valence-corrected chi connectivity index (χ2v) is 5.05. The Morgan fingerprint density at radius 3 is 3.13 bits per heavy atom. The summed E-state index contributed by atoms with van der Waals surface area (Å²) in [7, 11) is 0. The van der Waals surface area contributed by atoms with Crippen LogP contribution in [0.5, 0.6) is 5.75 Å². The largest absolute Gasteiger partial charge is 0.493 e. The number of rotatable bonds is 5. The zero-order valence-electron chi connectivity index (χ0n) is 12.3. The Labute approximate surface area is 132 Å². The molecule has 7 nitrogen and oxygen atoms in total. The fraction of sp³-hybridized carbons (Fsp3) is 0.188. The molecule has 2 aromatic rings. The zero-order chi connectivity index (χ0) is 16.1. The lowest BCUT2D eigenvalue weighted by Crippen LogP contribution is -2.31. The normalized spacial score (nSPS) is 12.7. The van der Waals surface area contributed by atoms with Gasteiger partial charge in [-0.15, -0.1) is 0 Å². The monoisotopic (exact) mass is 312 g/mol. The van der Waals surface area contributed by atoms with Crippen molar-refractivity contribution in [3.8, 4) is 5.75 Å². The second kappa shape index (κ2) is 6.78. The van der Waals surface area contributed by atoms with E-state index in [0.29, 0.717) is 12.3 Å². The first-order chi connectivity index (χ1) is 11.2. The molecule has 0 unspecified atom stereocenters. The van der Waals surface area contributed by atoms with Crippen molar-refractivity contribution < 1.29 is 14.3 Å². The highest BCUT2D eigenvalue weighted by atomic mass is 16.5. The number of fused-ring (bicyclic) bond motifs is 1. The van der Waals surface area contributed by atoms with E-state index in [1.165, 1.54) is 12.3 Å². The third kappa shape index (κ3) is 3.97. The molecule has 1 aliphatic heterocycles. The summed E-state index contributed by atoms with van der Waals surface area (Å²) in [5.74, 6) is 0.259. The van der Waals surface area contributed by atoms with Gasteiger partial charge in [0.1, 0.15) is 5.75 Å². The van der Waals surface area contributed by atoms with E-state index in [1.54, 1.807) is 12.3 Å². The van der Waals surface area contributed by atoms with Gasteiger partial charge < -0.3 is 15.4 Å². The van der Waals surface area contributed by atoms with E-state index in [4.69, 9.17) is 4.74 Å². The average molecular weight is 312 g/mol. The van der Waals surface area contributed by atoms with Crippen LogP contribution >= 0.6 is 0 Å². The van der Waals surface area contributed by atoms with Gasteiger partial charge in [0.05, 0.1) is 25.0 Å². The number of carbonyl (C=O) groups is 2. The summed E-state index contributed by atoms with van der Waals surface area (Å²) in [6.07, 6.45) is 7.04. The molecule has 0 bridgehead atoms. The van der Waals surface area contributed by atoms with Crippen molar-refractivity contribution in [1.29, 1.82) is 0 Å². The van der Waals surface area contributed by atoms with Crippen molar-refractivity contribution >= 4 is 23.6 Å². The van der Waals surface area contributed by atoms with E-state index in [0.717, 1.165) is 23.3 Å². The Hall–Kier alpha value is -3.09. The van der Waals surface area contributed by atoms with Crippen LogP contribution in [0, 0.1) is 0 Å². The lowest BCUT2D eigenvalue weighted by Gasteiger charge is -2.03. The van der Waals surface area contributed by atoms with Gasteiger partial charge >= 0.3 is 0 Å². The fourth-order valence-electron chi connectivity index (χ4n) is 2.23. The maximum atomic E-state index is 11.7. The van der Waals surface area contributed by atoms with E-state index in [-0.39, 0.29) is 18.4 Å². The molecular weight excluding hydrogens is 296 g/mol. The molecule has 0 spiro atoms. The maximum Gasteiger partial charge on any atom is 0.244 e. The van der Waals surface area contributed by atoms with Crippen molar-refractivity contribution in [2.45, 2.75) is 6.42 Å². The molecule has 0 saturated heterocycles. The fourth-order valence-corrected chi connectivity index (χ4v) is 2.23. The molecule has 0 fully saturated rings. The summed E-state index contributed by atoms with van der Waals surface area (Å²) in [6, 6.07) is 5.79. The molecule has 2 amide bonds. The van der Waals surface area contributed by atoms with Crippen LogP contribution in [-0.2, 0) is 16.0 Å². The molecule has 3 rings (SSSR count). The number of H-pyrrole nitrogens is 1. The van der Waals surface area contributed by atoms with Gasteiger partial charge in [-0.25, -0.2) is 0 Å². The van der Waals surface area contributed by atoms with Crippen LogP contribution in [0.1, 0.15) is 11.1 Å². The number of hydrogen-bond acceptors (Lipinski definition) is 4. The number of amides is 2. The molecule has 2 heterocycles. The minimum atomic E-state index is -0.330. The van der Waals surface area contributed by atoms with Crippen molar-refractivity contribution in [2.24, 2.45) is 0 Å². The van der Waals surface area contributed by atoms with E-state index in [9.17, 15) is 9.59 Å². The van der Waals surface area contributed by atoms with Crippen molar-refractivity contribution in [3.63, 3.8) is 0 Å². The Balaban J connectivity index is 1.48. The highest BCUT2D eigenvalue weighted by molar-refractivity contribution is 5.97. The Kier molecular flexibility index (Phi) is 4.37. The van der Waals surface area contributed by atoms with Crippen LogP contribution < -0.4 is 15.4 Å². The topological polar surface area (TPSA) is 96.1 Å². The lowest BCUT2D eigenvalue weighted by molar-refractivity contribution is -0.121. The number of nitrogens with one attached hydrogen (secondary N) is 3. The SMILES string of the molecule is O=C(/C=C/c1ccc2c(c1)CCO2)NCC(=O)Nc1cn[nH]c1. The molecule has 1 aromatic heterocycles. The van der Waals surface area contributed by atoms with Gasteiger partial charge in [0.2, 0.25) is 11.8 Å². The quantitative estimate of drug-likeness (QED) is 0.721. The van der Waals surface area contributed by atoms with Crippen molar-refractivity contribution in [3.05, 3.63) is 47.8 Å². The number of nitrogens with zero attached hydrogens (tertiary/aromatic N) is 1. The molecule has 0 aliphatic carbocycles. The highest BCUT2D eigenvalue weighted by Crippen LogP contribution is 2.26. The Bertz CT molecular complexity index is 738. The number of aromatic nitrogens is 2. The van der Waals surface area contributed by atoms with Crippen LogP contribution in [0.4, 0.5) is 5.69 Å². The number of hydrogen-bond donors (Lipinski definition) is 3. The average Bonchev–Trinajstić information content (AvgIpc) is 3.21. The minimum absolute atomic E-state index is 0.105. The van der Waals surface area contributed by atoms with Gasteiger partial charge in [0.15, 0.2) is 0 Å². The van der Waals surface area contributed by atoms with E-state index < -0.39 is 0 Å². The van der Waals surface area contributed by atoms with Crippen LogP contribution in [0.2, 0.25) is 0 Å². The van der Waals surface area contributed by atoms with Gasteiger partial charge in [0.25, 0.3) is 0 Å². The Morgan fingerprint density at radius 1 is 1.39 bits per heavy atom. The van der Waals surface area contributed by atoms with Crippen molar-refractivity contribution in [1.82, 2.24) is 15.5 Å². The van der Waals surface area contributed by atoms with Gasteiger partial charge in [0, 0.05) is 18.7 Å². The molecule has 7 heteroatoms. The lowest BCUT2D eigenvalue weighted by atomic mass is 10.1. The van der Waals surface area contributed by atoms with Crippen LogP contribution in [0.15, 0.2) is 36.7 Å². The van der Waals surface area contributed by atoms with Gasteiger partial charge in [-0.05, 0) is 29.3 Å². The van der Waals surface area contributed by atoms with E-state index in [2.05, 4.69) is 20.8 Å². The summed E-state index contributed by atoms with van der Waals surface area (Å²) in [4.78, 5) is 23.3. The summed E-state index contributed by atoms with van der Waals surface area (Å²) < 4.78 is 5.43. The first-order valence-corrected chi connectivity index (χ1v) is 7.21. The molecule has 118 valence electrons. The molecular formula is C16H16N4O3. The number of carbonyl (C=O) groups excluding carboxylic acids is 2. The molecule has 3 N–H and O–H groups in total. The zero-order valence-corrected chi connectivity index (χ0v) is 12.3. The van der Waals surface area contributed by atoms with Gasteiger partial charge in [-0.1, -0.05) is 6.07 Å². The summed E-state index contributed by atoms with van der Waals surface area (Å²) in [5.41, 5.74) is 2.62. The molecule has 23 heavy (non-hydrogen) atoms. The summed E-state index contributed by atoms with van der Waals surface area (Å²) in [5, 5.41) is 11.4. The molecule has 1 aromatic carbocycles. The maximum absolute atomic E-state index is 11.7. The molecule has 0 atom stereocenters. The predicted molar refractivity (Wildman–Crippen MR) is 84.9 cm³/mol. The summed E-state index contributed by atoms with van der Waals surface area (Å²) >= 11 is 0. The number of benzene rings is 1. The Morgan fingerprint density at radius 2 is 2.30 bits per heavy atom. The van der Waals surface area contributed by atoms with Crippen LogP contribution in [-0.4, -0.2) is 35.2 Å². The highest BCUT2D eigenvalue weighted by Gasteiger charge is 2.11. The first-order valence-electron chi connectivity index (χ1n) is 7.21. The van der Waals surface area contributed by atoms with E-state index >= 15 is 0 Å². The second-order valence-electron chi connectivity index (χ2n) is 5.05. The first kappa shape index (κ1) is 14.8. The standard InChI is InChI=1S/C16H16N4O3/c21-15(17-10-16(22)20-13-8-18-19-9-13)4-2-11-1-3-14-12(7-11)5-6-23-14/h1-4,7-9H,5-6,10H2,(H,17,21)(H,18,19)(H,20,22)/b4-2+. The van der Waals surface area contributed by atoms with E-state index in [1.807, 2.05) is 18.2 Å². The molecule has 1 aliphatic rings. The van der Waals surface area contributed by atoms with Crippen LogP contribution in [0.25, 0.3) is 6.08 Å². The van der Waals surface area contributed by atoms with Gasteiger partial charge in [-0.2, -0.15) is 5.10 Å². The predicted octanol–water partition coefficient (Wildman–Crippen LogP) is 1.11. The summed E-state index contributed by atoms with van der Waals surface area (Å²) in [6.45, 7) is 0.598.